The van der Waals surface area contributed by atoms with Gasteiger partial charge in [0.25, 0.3) is 0 Å². The van der Waals surface area contributed by atoms with Crippen LogP contribution >= 0.6 is 23.1 Å². The number of anilines is 3. The van der Waals surface area contributed by atoms with Crippen LogP contribution in [-0.2, 0) is 21.6 Å². The van der Waals surface area contributed by atoms with Crippen molar-refractivity contribution in [1.82, 2.24) is 15.2 Å². The standard InChI is InChI=1S/C28H36N6O3S2/c1-4-8-24(20-9-7-10-21(16-20)30-27(35)37-13-5-2)31-25-18-23(34-11-14-36-15-12-34)17-22(29-25)19-38-28-33-32-26(6-3)39-28/h5,7,9-10,16-18,24H,2,4,6,8,11-15,19H2,1,3H3,(H,29,31)(H,30,35). The number of nitrogens with one attached hydrogen (secondary N) is 2. The smallest absolute Gasteiger partial charge is 0.411 e. The van der Waals surface area contributed by atoms with Crippen molar-refractivity contribution < 1.29 is 14.3 Å². The third-order valence-corrected chi connectivity index (χ3v) is 8.34. The summed E-state index contributed by atoms with van der Waals surface area (Å²) in [4.78, 5) is 19.4. The average Bonchev–Trinajstić information content (AvgIpc) is 3.43. The minimum Gasteiger partial charge on any atom is -0.445 e. The zero-order valence-electron chi connectivity index (χ0n) is 22.5. The number of carbonyl (C=O) groups excluding carboxylic acids is 1. The fraction of sp³-hybridized carbons (Fsp3) is 0.429. The van der Waals surface area contributed by atoms with Crippen LogP contribution in [0.15, 0.2) is 53.4 Å². The Morgan fingerprint density at radius 1 is 1.26 bits per heavy atom. The topological polar surface area (TPSA) is 102 Å². The van der Waals surface area contributed by atoms with E-state index in [0.717, 1.165) is 64.5 Å². The predicted octanol–water partition coefficient (Wildman–Crippen LogP) is 6.31. The third kappa shape index (κ3) is 8.67. The highest BCUT2D eigenvalue weighted by Gasteiger charge is 2.18. The van der Waals surface area contributed by atoms with Crippen LogP contribution in [0.2, 0.25) is 0 Å². The van der Waals surface area contributed by atoms with Gasteiger partial charge in [0.15, 0.2) is 4.34 Å². The molecule has 1 aliphatic heterocycles. The van der Waals surface area contributed by atoms with E-state index in [2.05, 4.69) is 64.4 Å². The summed E-state index contributed by atoms with van der Waals surface area (Å²) in [6, 6.07) is 12.1. The Bertz CT molecular complexity index is 1230. The van der Waals surface area contributed by atoms with E-state index in [4.69, 9.17) is 14.5 Å². The molecule has 3 heterocycles. The Morgan fingerprint density at radius 2 is 2.10 bits per heavy atom. The molecule has 3 aromatic rings. The highest BCUT2D eigenvalue weighted by atomic mass is 32.2. The molecule has 1 atom stereocenters. The first-order chi connectivity index (χ1) is 19.1. The van der Waals surface area contributed by atoms with Crippen LogP contribution in [-0.4, -0.2) is 54.2 Å². The van der Waals surface area contributed by atoms with Gasteiger partial charge in [0.05, 0.1) is 24.9 Å². The number of nitrogens with zero attached hydrogens (tertiary/aromatic N) is 4. The monoisotopic (exact) mass is 568 g/mol. The van der Waals surface area contributed by atoms with Crippen LogP contribution in [0.3, 0.4) is 0 Å². The minimum absolute atomic E-state index is 0.0177. The van der Waals surface area contributed by atoms with Crippen LogP contribution in [0.25, 0.3) is 0 Å². The molecule has 1 fully saturated rings. The first kappa shape index (κ1) is 28.8. The number of ether oxygens (including phenoxy) is 2. The summed E-state index contributed by atoms with van der Waals surface area (Å²) in [6.45, 7) is 11.1. The van der Waals surface area contributed by atoms with Gasteiger partial charge in [-0.05, 0) is 36.6 Å². The molecule has 9 nitrogen and oxygen atoms in total. The number of hydrogen-bond donors (Lipinski definition) is 2. The van der Waals surface area contributed by atoms with Gasteiger partial charge in [-0.25, -0.2) is 9.78 Å². The molecule has 1 amide bonds. The molecule has 2 N–H and O–H groups in total. The second kappa shape index (κ2) is 14.9. The Kier molecular flexibility index (Phi) is 11.0. The third-order valence-electron chi connectivity index (χ3n) is 6.10. The number of aryl methyl sites for hydroxylation is 1. The maximum absolute atomic E-state index is 12.0. The molecule has 1 saturated heterocycles. The zero-order chi connectivity index (χ0) is 27.5. The summed E-state index contributed by atoms with van der Waals surface area (Å²) in [6.07, 6.45) is 3.82. The van der Waals surface area contributed by atoms with Crippen molar-refractivity contribution >= 4 is 46.4 Å². The lowest BCUT2D eigenvalue weighted by molar-refractivity contribution is 0.122. The van der Waals surface area contributed by atoms with E-state index in [1.165, 1.54) is 6.08 Å². The van der Waals surface area contributed by atoms with Crippen molar-refractivity contribution in [1.29, 1.82) is 0 Å². The second-order valence-corrected chi connectivity index (χ2v) is 11.3. The van der Waals surface area contributed by atoms with E-state index in [0.29, 0.717) is 24.7 Å². The number of carbonyl (C=O) groups is 1. The molecular weight excluding hydrogens is 532 g/mol. The number of thioether (sulfide) groups is 1. The highest BCUT2D eigenvalue weighted by molar-refractivity contribution is 8.00. The number of rotatable bonds is 13. The number of aromatic nitrogens is 3. The number of morpholine rings is 1. The maximum atomic E-state index is 12.0. The van der Waals surface area contributed by atoms with Crippen molar-refractivity contribution in [2.45, 2.75) is 49.2 Å². The Morgan fingerprint density at radius 3 is 2.85 bits per heavy atom. The maximum Gasteiger partial charge on any atom is 0.411 e. The quantitative estimate of drug-likeness (QED) is 0.181. The lowest BCUT2D eigenvalue weighted by atomic mass is 10.0. The molecule has 1 aliphatic rings. The second-order valence-electron chi connectivity index (χ2n) is 9.03. The van der Waals surface area contributed by atoms with Gasteiger partial charge in [0.2, 0.25) is 0 Å². The molecule has 4 rings (SSSR count). The van der Waals surface area contributed by atoms with Gasteiger partial charge >= 0.3 is 6.09 Å². The summed E-state index contributed by atoms with van der Waals surface area (Å²) >= 11 is 3.31. The molecule has 0 radical (unpaired) electrons. The Balaban J connectivity index is 1.55. The molecule has 0 aliphatic carbocycles. The SMILES string of the molecule is C=CCOC(=O)Nc1cccc(C(CCC)Nc2cc(N3CCOCC3)cc(CSc3nnc(CC)s3)n2)c1. The zero-order valence-corrected chi connectivity index (χ0v) is 24.2. The number of hydrogen-bond acceptors (Lipinski definition) is 10. The van der Waals surface area contributed by atoms with E-state index in [9.17, 15) is 4.79 Å². The fourth-order valence-electron chi connectivity index (χ4n) is 4.21. The van der Waals surface area contributed by atoms with E-state index >= 15 is 0 Å². The van der Waals surface area contributed by atoms with Crippen LogP contribution in [0, 0.1) is 0 Å². The molecular formula is C28H36N6O3S2. The largest absolute Gasteiger partial charge is 0.445 e. The molecule has 1 aromatic carbocycles. The molecule has 39 heavy (non-hydrogen) atoms. The summed E-state index contributed by atoms with van der Waals surface area (Å²) < 4.78 is 11.6. The van der Waals surface area contributed by atoms with Crippen molar-refractivity contribution in [3.05, 3.63) is 65.3 Å². The van der Waals surface area contributed by atoms with Gasteiger partial charge < -0.3 is 19.7 Å². The van der Waals surface area contributed by atoms with Crippen LogP contribution in [0.1, 0.15) is 49.0 Å². The van der Waals surface area contributed by atoms with Gasteiger partial charge in [0.1, 0.15) is 17.4 Å². The van der Waals surface area contributed by atoms with Crippen LogP contribution < -0.4 is 15.5 Å². The highest BCUT2D eigenvalue weighted by Crippen LogP contribution is 2.31. The van der Waals surface area contributed by atoms with Crippen molar-refractivity contribution in [3.63, 3.8) is 0 Å². The molecule has 0 spiro atoms. The minimum atomic E-state index is -0.504. The van der Waals surface area contributed by atoms with E-state index in [1.807, 2.05) is 18.2 Å². The average molecular weight is 569 g/mol. The lowest BCUT2D eigenvalue weighted by Crippen LogP contribution is -2.36. The fourth-order valence-corrected chi connectivity index (χ4v) is 5.94. The summed E-state index contributed by atoms with van der Waals surface area (Å²) in [5.74, 6) is 1.53. The number of amides is 1. The molecule has 11 heteroatoms. The summed E-state index contributed by atoms with van der Waals surface area (Å²) in [5, 5.41) is 16.1. The predicted molar refractivity (Wildman–Crippen MR) is 159 cm³/mol. The van der Waals surface area contributed by atoms with Crippen molar-refractivity contribution in [2.24, 2.45) is 0 Å². The van der Waals surface area contributed by atoms with Gasteiger partial charge in [-0.3, -0.25) is 5.32 Å². The molecule has 1 unspecified atom stereocenters. The summed E-state index contributed by atoms with van der Waals surface area (Å²) in [7, 11) is 0. The van der Waals surface area contributed by atoms with E-state index < -0.39 is 6.09 Å². The Labute approximate surface area is 238 Å². The van der Waals surface area contributed by atoms with Crippen LogP contribution in [0.5, 0.6) is 0 Å². The first-order valence-electron chi connectivity index (χ1n) is 13.3. The first-order valence-corrected chi connectivity index (χ1v) is 15.1. The summed E-state index contributed by atoms with van der Waals surface area (Å²) in [5.41, 5.74) is 3.86. The number of pyridine rings is 1. The Hall–Kier alpha value is -3.15. The van der Waals surface area contributed by atoms with Gasteiger partial charge in [-0.1, -0.05) is 68.2 Å². The lowest BCUT2D eigenvalue weighted by Gasteiger charge is -2.30. The van der Waals surface area contributed by atoms with Crippen molar-refractivity contribution in [2.75, 3.05) is 48.4 Å². The molecule has 2 aromatic heterocycles. The van der Waals surface area contributed by atoms with E-state index in [-0.39, 0.29) is 12.6 Å². The van der Waals surface area contributed by atoms with E-state index in [1.54, 1.807) is 23.1 Å². The van der Waals surface area contributed by atoms with Crippen LogP contribution in [0.4, 0.5) is 22.0 Å². The molecule has 208 valence electrons. The van der Waals surface area contributed by atoms with Crippen molar-refractivity contribution in [3.8, 4) is 0 Å². The number of benzene rings is 1. The van der Waals surface area contributed by atoms with Gasteiger partial charge in [0, 0.05) is 36.3 Å². The molecule has 0 bridgehead atoms. The molecule has 0 saturated carbocycles. The van der Waals surface area contributed by atoms with Gasteiger partial charge in [-0.2, -0.15) is 0 Å². The normalized spacial score (nSPS) is 14.1. The van der Waals surface area contributed by atoms with Gasteiger partial charge in [-0.15, -0.1) is 10.2 Å².